The van der Waals surface area contributed by atoms with Gasteiger partial charge in [0.2, 0.25) is 0 Å². The van der Waals surface area contributed by atoms with Gasteiger partial charge in [-0.05, 0) is 25.8 Å². The van der Waals surface area contributed by atoms with Crippen molar-refractivity contribution in [2.75, 3.05) is 6.54 Å². The third-order valence-electron chi connectivity index (χ3n) is 3.38. The minimum atomic E-state index is -4.17. The van der Waals surface area contributed by atoms with Crippen LogP contribution in [0.4, 0.5) is 13.2 Å². The van der Waals surface area contributed by atoms with Crippen molar-refractivity contribution >= 4 is 0 Å². The minimum Gasteiger partial charge on any atom is -0.335 e. The van der Waals surface area contributed by atoms with Gasteiger partial charge in [0.05, 0.1) is 0 Å². The van der Waals surface area contributed by atoms with Crippen LogP contribution in [-0.4, -0.2) is 28.3 Å². The normalized spacial score (nSPS) is 25.3. The number of aryl methyl sites for hydroxylation is 1. The molecule has 2 atom stereocenters. The maximum absolute atomic E-state index is 12.7. The van der Waals surface area contributed by atoms with Crippen molar-refractivity contribution < 1.29 is 13.2 Å². The predicted molar refractivity (Wildman–Crippen MR) is 62.3 cm³/mol. The van der Waals surface area contributed by atoms with E-state index in [9.17, 15) is 13.2 Å². The molecule has 1 saturated heterocycles. The quantitative estimate of drug-likeness (QED) is 0.906. The summed E-state index contributed by atoms with van der Waals surface area (Å²) in [6, 6.07) is -1.40. The monoisotopic (exact) mass is 261 g/mol. The third-order valence-corrected chi connectivity index (χ3v) is 3.38. The number of hydrogen-bond acceptors (Lipinski definition) is 2. The molecular formula is C12H18F3N3. The molecule has 1 N–H and O–H groups in total. The van der Waals surface area contributed by atoms with Gasteiger partial charge in [0, 0.05) is 24.9 Å². The summed E-state index contributed by atoms with van der Waals surface area (Å²) in [5.74, 6) is 0.701. The molecule has 1 aromatic heterocycles. The second kappa shape index (κ2) is 5.30. The standard InChI is InChI=1S/C12H18F3N3/c1-2-6-18-7-5-17-11(18)9-3-4-16-10(8-9)12(13,14)15/h5,7,9-10,16H,2-4,6,8H2,1H3. The first-order chi connectivity index (χ1) is 8.52. The molecule has 0 aromatic carbocycles. The third kappa shape index (κ3) is 2.85. The first-order valence-corrected chi connectivity index (χ1v) is 6.33. The van der Waals surface area contributed by atoms with Gasteiger partial charge in [-0.25, -0.2) is 4.98 Å². The fourth-order valence-corrected chi connectivity index (χ4v) is 2.51. The Hall–Kier alpha value is -1.04. The summed E-state index contributed by atoms with van der Waals surface area (Å²) in [7, 11) is 0. The van der Waals surface area contributed by atoms with Crippen LogP contribution in [0.3, 0.4) is 0 Å². The number of rotatable bonds is 3. The van der Waals surface area contributed by atoms with Gasteiger partial charge < -0.3 is 9.88 Å². The zero-order valence-corrected chi connectivity index (χ0v) is 10.4. The van der Waals surface area contributed by atoms with Crippen molar-refractivity contribution in [2.45, 2.75) is 50.9 Å². The van der Waals surface area contributed by atoms with Crippen molar-refractivity contribution in [3.63, 3.8) is 0 Å². The van der Waals surface area contributed by atoms with Crippen LogP contribution in [0.15, 0.2) is 12.4 Å². The number of halogens is 3. The van der Waals surface area contributed by atoms with E-state index in [-0.39, 0.29) is 12.3 Å². The molecule has 18 heavy (non-hydrogen) atoms. The van der Waals surface area contributed by atoms with Crippen molar-refractivity contribution in [1.29, 1.82) is 0 Å². The number of nitrogens with one attached hydrogen (secondary N) is 1. The van der Waals surface area contributed by atoms with E-state index in [2.05, 4.69) is 10.3 Å². The maximum Gasteiger partial charge on any atom is 0.403 e. The second-order valence-electron chi connectivity index (χ2n) is 4.75. The molecule has 0 saturated carbocycles. The molecule has 0 radical (unpaired) electrons. The number of piperidine rings is 1. The fraction of sp³-hybridized carbons (Fsp3) is 0.750. The molecule has 2 heterocycles. The minimum absolute atomic E-state index is 0.0875. The van der Waals surface area contributed by atoms with Gasteiger partial charge >= 0.3 is 6.18 Å². The van der Waals surface area contributed by atoms with Crippen LogP contribution in [0.25, 0.3) is 0 Å². The molecule has 102 valence electrons. The van der Waals surface area contributed by atoms with Crippen LogP contribution >= 0.6 is 0 Å². The predicted octanol–water partition coefficient (Wildman–Crippen LogP) is 2.69. The van der Waals surface area contributed by atoms with E-state index in [1.165, 1.54) is 0 Å². The summed E-state index contributed by atoms with van der Waals surface area (Å²) >= 11 is 0. The van der Waals surface area contributed by atoms with Crippen LogP contribution in [0.5, 0.6) is 0 Å². The molecule has 2 rings (SSSR count). The first-order valence-electron chi connectivity index (χ1n) is 6.33. The lowest BCUT2D eigenvalue weighted by Crippen LogP contribution is -2.47. The Morgan fingerprint density at radius 1 is 1.50 bits per heavy atom. The second-order valence-corrected chi connectivity index (χ2v) is 4.75. The van der Waals surface area contributed by atoms with Crippen molar-refractivity contribution in [3.8, 4) is 0 Å². The Labute approximate surface area is 104 Å². The van der Waals surface area contributed by atoms with Gasteiger partial charge in [-0.15, -0.1) is 0 Å². The smallest absolute Gasteiger partial charge is 0.335 e. The lowest BCUT2D eigenvalue weighted by Gasteiger charge is -2.31. The SMILES string of the molecule is CCCn1ccnc1C1CCNC(C(F)(F)F)C1. The summed E-state index contributed by atoms with van der Waals surface area (Å²) in [5.41, 5.74) is 0. The number of hydrogen-bond donors (Lipinski definition) is 1. The van der Waals surface area contributed by atoms with Gasteiger partial charge in [0.25, 0.3) is 0 Å². The summed E-state index contributed by atoms with van der Waals surface area (Å²) < 4.78 is 40.1. The van der Waals surface area contributed by atoms with Crippen LogP contribution in [0, 0.1) is 0 Å². The number of nitrogens with zero attached hydrogens (tertiary/aromatic N) is 2. The van der Waals surface area contributed by atoms with E-state index in [1.807, 2.05) is 17.7 Å². The zero-order chi connectivity index (χ0) is 13.2. The molecule has 0 spiro atoms. The lowest BCUT2D eigenvalue weighted by molar-refractivity contribution is -0.161. The lowest BCUT2D eigenvalue weighted by atomic mass is 9.91. The zero-order valence-electron chi connectivity index (χ0n) is 10.4. The van der Waals surface area contributed by atoms with Gasteiger partial charge in [-0.2, -0.15) is 13.2 Å². The molecule has 1 aliphatic rings. The molecule has 2 unspecified atom stereocenters. The van der Waals surface area contributed by atoms with Crippen molar-refractivity contribution in [1.82, 2.24) is 14.9 Å². The maximum atomic E-state index is 12.7. The summed E-state index contributed by atoms with van der Waals surface area (Å²) in [5, 5.41) is 2.54. The largest absolute Gasteiger partial charge is 0.403 e. The van der Waals surface area contributed by atoms with Crippen molar-refractivity contribution in [3.05, 3.63) is 18.2 Å². The van der Waals surface area contributed by atoms with Gasteiger partial charge in [-0.1, -0.05) is 6.92 Å². The Morgan fingerprint density at radius 3 is 2.94 bits per heavy atom. The van der Waals surface area contributed by atoms with E-state index < -0.39 is 12.2 Å². The molecule has 1 aliphatic heterocycles. The first kappa shape index (κ1) is 13.4. The summed E-state index contributed by atoms with van der Waals surface area (Å²) in [4.78, 5) is 4.24. The highest BCUT2D eigenvalue weighted by Crippen LogP contribution is 2.33. The van der Waals surface area contributed by atoms with Gasteiger partial charge in [0.1, 0.15) is 11.9 Å². The molecule has 6 heteroatoms. The van der Waals surface area contributed by atoms with E-state index in [4.69, 9.17) is 0 Å². The Bertz CT molecular complexity index is 386. The average Bonchev–Trinajstić information content (AvgIpc) is 2.77. The van der Waals surface area contributed by atoms with E-state index >= 15 is 0 Å². The molecule has 0 bridgehead atoms. The van der Waals surface area contributed by atoms with E-state index in [0.717, 1.165) is 18.8 Å². The number of imidazole rings is 1. The molecule has 0 amide bonds. The number of alkyl halides is 3. The van der Waals surface area contributed by atoms with E-state index in [0.29, 0.717) is 13.0 Å². The van der Waals surface area contributed by atoms with Crippen LogP contribution in [0.1, 0.15) is 37.9 Å². The Morgan fingerprint density at radius 2 is 2.28 bits per heavy atom. The topological polar surface area (TPSA) is 29.9 Å². The molecular weight excluding hydrogens is 243 g/mol. The van der Waals surface area contributed by atoms with Crippen LogP contribution in [-0.2, 0) is 6.54 Å². The molecule has 0 aliphatic carbocycles. The van der Waals surface area contributed by atoms with Crippen molar-refractivity contribution in [2.24, 2.45) is 0 Å². The molecule has 1 aromatic rings. The summed E-state index contributed by atoms with van der Waals surface area (Å²) in [6.45, 7) is 3.26. The highest BCUT2D eigenvalue weighted by atomic mass is 19.4. The highest BCUT2D eigenvalue weighted by molar-refractivity contribution is 5.04. The fourth-order valence-electron chi connectivity index (χ4n) is 2.51. The van der Waals surface area contributed by atoms with Gasteiger partial charge in [-0.3, -0.25) is 0 Å². The Kier molecular flexibility index (Phi) is 3.94. The van der Waals surface area contributed by atoms with Crippen LogP contribution in [0.2, 0.25) is 0 Å². The average molecular weight is 261 g/mol. The number of aromatic nitrogens is 2. The molecule has 1 fully saturated rings. The highest BCUT2D eigenvalue weighted by Gasteiger charge is 2.43. The van der Waals surface area contributed by atoms with E-state index in [1.54, 1.807) is 6.20 Å². The Balaban J connectivity index is 2.11. The van der Waals surface area contributed by atoms with Gasteiger partial charge in [0.15, 0.2) is 0 Å². The van der Waals surface area contributed by atoms with Crippen LogP contribution < -0.4 is 5.32 Å². The summed E-state index contributed by atoms with van der Waals surface area (Å²) in [6.07, 6.45) is 1.12. The molecule has 3 nitrogen and oxygen atoms in total.